The largest absolute Gasteiger partial charge is 2.00 e. The van der Waals surface area contributed by atoms with Gasteiger partial charge in [0.25, 0.3) is 0 Å². The molecule has 0 saturated heterocycles. The van der Waals surface area contributed by atoms with E-state index in [0.717, 1.165) is 22.3 Å². The van der Waals surface area contributed by atoms with Crippen LogP contribution in [0.1, 0.15) is 22.3 Å². The Kier molecular flexibility index (Phi) is 23.1. The van der Waals surface area contributed by atoms with Gasteiger partial charge in [-0.1, -0.05) is 36.1 Å². The van der Waals surface area contributed by atoms with Gasteiger partial charge in [-0.05, 0) is 15.8 Å². The summed E-state index contributed by atoms with van der Waals surface area (Å²) < 4.78 is 0. The molecule has 0 radical (unpaired) electrons. The summed E-state index contributed by atoms with van der Waals surface area (Å²) in [6, 6.07) is 14.2. The molecule has 0 amide bonds. The van der Waals surface area contributed by atoms with E-state index in [1.807, 2.05) is 0 Å². The average molecular weight is 600 g/mol. The van der Waals surface area contributed by atoms with Crippen LogP contribution in [-0.2, 0) is 21.1 Å². The first-order valence-electron chi connectivity index (χ1n) is 8.72. The van der Waals surface area contributed by atoms with Gasteiger partial charge < -0.3 is 12.8 Å². The molecule has 2 aromatic carbocycles. The average Bonchev–Trinajstić information content (AvgIpc) is 2.67. The standard InChI is InChI=1S/2C10H5.2C3H9P.Pt/c2*1-3-9-5-7-10(4-2)8-6-9;2*1-4(2)3;/h2*1,5-8H;2*1-3H3;/q2*-1;;;+2/p+2. The fourth-order valence-corrected chi connectivity index (χ4v) is 1.30. The minimum atomic E-state index is 0. The Balaban J connectivity index is -0.000000336. The van der Waals surface area contributed by atoms with Crippen molar-refractivity contribution in [1.82, 2.24) is 0 Å². The van der Waals surface area contributed by atoms with Crippen LogP contribution in [0.4, 0.5) is 0 Å². The van der Waals surface area contributed by atoms with E-state index in [2.05, 4.69) is 63.7 Å². The summed E-state index contributed by atoms with van der Waals surface area (Å²) in [5.74, 6) is 9.50. The van der Waals surface area contributed by atoms with Crippen LogP contribution in [0.25, 0.3) is 0 Å². The van der Waals surface area contributed by atoms with E-state index in [0.29, 0.717) is 0 Å². The Labute approximate surface area is 196 Å². The molecule has 2 aromatic rings. The minimum absolute atomic E-state index is 0. The predicted molar refractivity (Wildman–Crippen MR) is 133 cm³/mol. The van der Waals surface area contributed by atoms with E-state index in [-0.39, 0.29) is 36.9 Å². The molecule has 0 unspecified atom stereocenters. The number of hydrogen-bond donors (Lipinski definition) is 0. The van der Waals surface area contributed by atoms with Gasteiger partial charge in [0.15, 0.2) is 0 Å². The van der Waals surface area contributed by atoms with Crippen molar-refractivity contribution in [3.63, 3.8) is 0 Å². The van der Waals surface area contributed by atoms with E-state index in [1.54, 1.807) is 48.5 Å². The third-order valence-corrected chi connectivity index (χ3v) is 2.39. The topological polar surface area (TPSA) is 0 Å². The summed E-state index contributed by atoms with van der Waals surface area (Å²) in [6.07, 6.45) is 23.8. The molecule has 0 heterocycles. The van der Waals surface area contributed by atoms with E-state index in [9.17, 15) is 0 Å². The van der Waals surface area contributed by atoms with Crippen LogP contribution >= 0.6 is 15.8 Å². The van der Waals surface area contributed by atoms with Crippen LogP contribution in [0, 0.1) is 49.4 Å². The second-order valence-corrected chi connectivity index (χ2v) is 12.7. The summed E-state index contributed by atoms with van der Waals surface area (Å²) in [7, 11) is 0.241. The maximum absolute atomic E-state index is 6.77. The SMILES string of the molecule is C[PH+](C)C.C[PH+](C)C.[C-]#Cc1ccc(C#C)cc1.[C-]#Cc1ccc(C#C)cc1.[Pt+2]. The molecule has 0 aliphatic heterocycles. The van der Waals surface area contributed by atoms with Gasteiger partial charge in [-0.2, -0.15) is 0 Å². The van der Waals surface area contributed by atoms with Gasteiger partial charge in [-0.25, -0.2) is 0 Å². The molecule has 0 N–H and O–H groups in total. The smallest absolute Gasteiger partial charge is 0.366 e. The second-order valence-electron chi connectivity index (χ2n) is 6.69. The zero-order chi connectivity index (χ0) is 21.9. The summed E-state index contributed by atoms with van der Waals surface area (Å²) in [5, 5.41) is 0. The van der Waals surface area contributed by atoms with Crippen LogP contribution in [0.3, 0.4) is 0 Å². The first-order valence-corrected chi connectivity index (χ1v) is 14.7. The summed E-state index contributed by atoms with van der Waals surface area (Å²) >= 11 is 0. The number of rotatable bonds is 0. The van der Waals surface area contributed by atoms with Crippen molar-refractivity contribution in [3.8, 4) is 36.5 Å². The van der Waals surface area contributed by atoms with Crippen molar-refractivity contribution in [2.45, 2.75) is 0 Å². The normalized spacial score (nSPS) is 7.86. The van der Waals surface area contributed by atoms with E-state index in [4.69, 9.17) is 25.7 Å². The molecule has 152 valence electrons. The molecule has 2 rings (SSSR count). The second kappa shape index (κ2) is 20.9. The quantitative estimate of drug-likeness (QED) is 0.217. The Hall–Kier alpha value is -1.77. The third-order valence-electron chi connectivity index (χ3n) is 2.39. The molecule has 29 heavy (non-hydrogen) atoms. The number of terminal acetylenes is 2. The van der Waals surface area contributed by atoms with Gasteiger partial charge in [0.1, 0.15) is 0 Å². The van der Waals surface area contributed by atoms with Gasteiger partial charge >= 0.3 is 21.1 Å². The fraction of sp³-hybridized carbons (Fsp3) is 0.231. The van der Waals surface area contributed by atoms with Crippen molar-refractivity contribution < 1.29 is 21.1 Å². The molecule has 0 saturated carbocycles. The van der Waals surface area contributed by atoms with Crippen LogP contribution < -0.4 is 0 Å². The maximum atomic E-state index is 6.77. The van der Waals surface area contributed by atoms with E-state index >= 15 is 0 Å². The van der Waals surface area contributed by atoms with Gasteiger partial charge in [-0.15, -0.1) is 48.2 Å². The van der Waals surface area contributed by atoms with E-state index in [1.165, 1.54) is 0 Å². The molecular weight excluding hydrogens is 569 g/mol. The Morgan fingerprint density at radius 1 is 0.552 bits per heavy atom. The molecule has 0 aromatic heterocycles. The first-order chi connectivity index (χ1) is 13.2. The molecule has 0 nitrogen and oxygen atoms in total. The Morgan fingerprint density at radius 2 is 0.724 bits per heavy atom. The maximum Gasteiger partial charge on any atom is 2.00 e. The van der Waals surface area contributed by atoms with Gasteiger partial charge in [0.05, 0.1) is 0 Å². The van der Waals surface area contributed by atoms with Crippen molar-refractivity contribution >= 4 is 15.8 Å². The Morgan fingerprint density at radius 3 is 0.862 bits per heavy atom. The van der Waals surface area contributed by atoms with E-state index < -0.39 is 0 Å². The minimum Gasteiger partial charge on any atom is -0.366 e. The molecular formula is C26H30P2Pt+2. The zero-order valence-electron chi connectivity index (χ0n) is 18.1. The predicted octanol–water partition coefficient (Wildman–Crippen LogP) is 5.39. The van der Waals surface area contributed by atoms with Crippen molar-refractivity contribution in [1.29, 1.82) is 0 Å². The van der Waals surface area contributed by atoms with Crippen LogP contribution in [0.2, 0.25) is 0 Å². The molecule has 0 aliphatic carbocycles. The van der Waals surface area contributed by atoms with Crippen molar-refractivity contribution in [2.75, 3.05) is 40.0 Å². The van der Waals surface area contributed by atoms with Gasteiger partial charge in [0.2, 0.25) is 0 Å². The third kappa shape index (κ3) is 22.4. The summed E-state index contributed by atoms with van der Waals surface area (Å²) in [5.41, 5.74) is 3.16. The molecule has 0 aliphatic rings. The van der Waals surface area contributed by atoms with Gasteiger partial charge in [0, 0.05) is 51.1 Å². The summed E-state index contributed by atoms with van der Waals surface area (Å²) in [6.45, 7) is 13.6. The fourth-order valence-electron chi connectivity index (χ4n) is 1.30. The van der Waals surface area contributed by atoms with Crippen LogP contribution in [0.15, 0.2) is 48.5 Å². The summed E-state index contributed by atoms with van der Waals surface area (Å²) in [4.78, 5) is 0. The molecule has 3 heteroatoms. The Bertz CT molecular complexity index is 674. The number of benzene rings is 2. The first kappa shape index (κ1) is 31.9. The molecule has 0 spiro atoms. The van der Waals surface area contributed by atoms with Crippen molar-refractivity contribution in [2.24, 2.45) is 0 Å². The molecule has 0 fully saturated rings. The van der Waals surface area contributed by atoms with Crippen molar-refractivity contribution in [3.05, 3.63) is 83.6 Å². The molecule has 0 atom stereocenters. The van der Waals surface area contributed by atoms with Gasteiger partial charge in [-0.3, -0.25) is 11.8 Å². The number of hydrogen-bond acceptors (Lipinski definition) is 0. The molecule has 0 bridgehead atoms. The zero-order valence-corrected chi connectivity index (χ0v) is 22.4. The van der Waals surface area contributed by atoms with Crippen LogP contribution in [0.5, 0.6) is 0 Å². The monoisotopic (exact) mass is 599 g/mol. The van der Waals surface area contributed by atoms with Crippen LogP contribution in [-0.4, -0.2) is 40.0 Å².